The van der Waals surface area contributed by atoms with E-state index in [-0.39, 0.29) is 6.03 Å². The molecule has 2 N–H and O–H groups in total. The first-order valence-electron chi connectivity index (χ1n) is 7.21. The van der Waals surface area contributed by atoms with Gasteiger partial charge < -0.3 is 5.32 Å². The summed E-state index contributed by atoms with van der Waals surface area (Å²) in [5.41, 5.74) is 1.97. The molecule has 5 nitrogen and oxygen atoms in total. The van der Waals surface area contributed by atoms with E-state index in [1.807, 2.05) is 18.2 Å². The molecule has 5 heteroatoms. The highest BCUT2D eigenvalue weighted by molar-refractivity contribution is 5.88. The molecule has 0 aliphatic carbocycles. The fourth-order valence-electron chi connectivity index (χ4n) is 1.91. The zero-order valence-corrected chi connectivity index (χ0v) is 12.2. The van der Waals surface area contributed by atoms with Crippen molar-refractivity contribution in [1.29, 1.82) is 0 Å². The van der Waals surface area contributed by atoms with E-state index in [9.17, 15) is 4.79 Å². The number of carbonyl (C=O) groups is 1. The average Bonchev–Trinajstić information content (AvgIpc) is 2.53. The third-order valence-electron chi connectivity index (χ3n) is 3.07. The number of nitrogens with zero attached hydrogens (tertiary/aromatic N) is 2. The van der Waals surface area contributed by atoms with E-state index < -0.39 is 0 Å². The molecule has 0 saturated carbocycles. The number of pyridine rings is 2. The fourth-order valence-corrected chi connectivity index (χ4v) is 1.91. The highest BCUT2D eigenvalue weighted by atomic mass is 16.2. The van der Waals surface area contributed by atoms with E-state index in [1.165, 1.54) is 0 Å². The molecule has 0 aliphatic rings. The molecule has 0 fully saturated rings. The van der Waals surface area contributed by atoms with Gasteiger partial charge in [-0.15, -0.1) is 0 Å². The number of unbranched alkanes of at least 4 members (excludes halogenated alkanes) is 2. The minimum Gasteiger partial charge on any atom is -0.338 e. The number of urea groups is 1. The van der Waals surface area contributed by atoms with Gasteiger partial charge in [-0.25, -0.2) is 9.78 Å². The summed E-state index contributed by atoms with van der Waals surface area (Å²) < 4.78 is 0. The lowest BCUT2D eigenvalue weighted by Gasteiger charge is -2.07. The molecule has 0 spiro atoms. The van der Waals surface area contributed by atoms with Crippen molar-refractivity contribution in [2.45, 2.75) is 26.2 Å². The number of carbonyl (C=O) groups excluding carboxylic acids is 1. The SMILES string of the molecule is CCCCCNC(=O)Nc1ccc(-c2cccnc2)cn1. The molecule has 0 aliphatic heterocycles. The second-order valence-corrected chi connectivity index (χ2v) is 4.76. The van der Waals surface area contributed by atoms with E-state index in [2.05, 4.69) is 27.5 Å². The van der Waals surface area contributed by atoms with Crippen LogP contribution >= 0.6 is 0 Å². The van der Waals surface area contributed by atoms with Crippen molar-refractivity contribution in [3.63, 3.8) is 0 Å². The van der Waals surface area contributed by atoms with Crippen LogP contribution < -0.4 is 10.6 Å². The van der Waals surface area contributed by atoms with Crippen LogP contribution in [-0.2, 0) is 0 Å². The first kappa shape index (κ1) is 15.0. The Morgan fingerprint density at radius 3 is 2.67 bits per heavy atom. The summed E-state index contributed by atoms with van der Waals surface area (Å²) in [4.78, 5) is 20.0. The second-order valence-electron chi connectivity index (χ2n) is 4.76. The summed E-state index contributed by atoms with van der Waals surface area (Å²) in [5, 5.41) is 5.53. The topological polar surface area (TPSA) is 66.9 Å². The Kier molecular flexibility index (Phi) is 5.70. The Labute approximate surface area is 124 Å². The monoisotopic (exact) mass is 284 g/mol. The third kappa shape index (κ3) is 4.87. The van der Waals surface area contributed by atoms with Gasteiger partial charge in [-0.1, -0.05) is 25.8 Å². The largest absolute Gasteiger partial charge is 0.338 e. The van der Waals surface area contributed by atoms with Gasteiger partial charge in [-0.2, -0.15) is 0 Å². The molecule has 0 radical (unpaired) electrons. The van der Waals surface area contributed by atoms with Gasteiger partial charge in [0.2, 0.25) is 0 Å². The van der Waals surface area contributed by atoms with Crippen LogP contribution in [0.5, 0.6) is 0 Å². The summed E-state index contributed by atoms with van der Waals surface area (Å²) in [5.74, 6) is 0.538. The van der Waals surface area contributed by atoms with Gasteiger partial charge in [0.25, 0.3) is 0 Å². The molecular formula is C16H20N4O. The Hall–Kier alpha value is -2.43. The van der Waals surface area contributed by atoms with Crippen molar-refractivity contribution in [2.24, 2.45) is 0 Å². The van der Waals surface area contributed by atoms with Gasteiger partial charge in [-0.3, -0.25) is 10.3 Å². The lowest BCUT2D eigenvalue weighted by molar-refractivity contribution is 0.252. The lowest BCUT2D eigenvalue weighted by atomic mass is 10.1. The fraction of sp³-hybridized carbons (Fsp3) is 0.312. The van der Waals surface area contributed by atoms with E-state index in [0.717, 1.165) is 30.4 Å². The van der Waals surface area contributed by atoms with Gasteiger partial charge in [0.15, 0.2) is 0 Å². The average molecular weight is 284 g/mol. The van der Waals surface area contributed by atoms with Gasteiger partial charge in [0.05, 0.1) is 0 Å². The van der Waals surface area contributed by atoms with Gasteiger partial charge in [-0.05, 0) is 24.6 Å². The zero-order valence-electron chi connectivity index (χ0n) is 12.2. The Morgan fingerprint density at radius 2 is 2.00 bits per heavy atom. The number of hydrogen-bond donors (Lipinski definition) is 2. The minimum absolute atomic E-state index is 0.215. The van der Waals surface area contributed by atoms with Crippen LogP contribution in [0.25, 0.3) is 11.1 Å². The minimum atomic E-state index is -0.215. The molecule has 0 bridgehead atoms. The first-order valence-corrected chi connectivity index (χ1v) is 7.21. The summed E-state index contributed by atoms with van der Waals surface area (Å²) in [6, 6.07) is 7.33. The zero-order chi connectivity index (χ0) is 14.9. The van der Waals surface area contributed by atoms with Crippen molar-refractivity contribution in [3.8, 4) is 11.1 Å². The van der Waals surface area contributed by atoms with Crippen LogP contribution in [0.3, 0.4) is 0 Å². The molecule has 0 unspecified atom stereocenters. The Balaban J connectivity index is 1.86. The van der Waals surface area contributed by atoms with Crippen LogP contribution in [0, 0.1) is 0 Å². The van der Waals surface area contributed by atoms with Crippen molar-refractivity contribution < 1.29 is 4.79 Å². The number of amides is 2. The standard InChI is InChI=1S/C16H20N4O/c1-2-3-4-10-18-16(21)20-15-8-7-14(12-19-15)13-6-5-9-17-11-13/h5-9,11-12H,2-4,10H2,1H3,(H2,18,19,20,21). The molecular weight excluding hydrogens is 264 g/mol. The van der Waals surface area contributed by atoms with E-state index in [0.29, 0.717) is 12.4 Å². The first-order chi connectivity index (χ1) is 10.3. The molecule has 2 rings (SSSR count). The molecule has 0 atom stereocenters. The summed E-state index contributed by atoms with van der Waals surface area (Å²) >= 11 is 0. The predicted molar refractivity (Wildman–Crippen MR) is 84.0 cm³/mol. The predicted octanol–water partition coefficient (Wildman–Crippen LogP) is 3.46. The van der Waals surface area contributed by atoms with Crippen LogP contribution in [0.1, 0.15) is 26.2 Å². The quantitative estimate of drug-likeness (QED) is 0.798. The van der Waals surface area contributed by atoms with Crippen molar-refractivity contribution in [2.75, 3.05) is 11.9 Å². The molecule has 2 heterocycles. The smallest absolute Gasteiger partial charge is 0.320 e. The summed E-state index contributed by atoms with van der Waals surface area (Å²) in [6.45, 7) is 2.82. The molecule has 21 heavy (non-hydrogen) atoms. The second kappa shape index (κ2) is 7.99. The molecule has 110 valence electrons. The molecule has 0 aromatic carbocycles. The maximum Gasteiger partial charge on any atom is 0.320 e. The normalized spacial score (nSPS) is 10.1. The van der Waals surface area contributed by atoms with Gasteiger partial charge >= 0.3 is 6.03 Å². The van der Waals surface area contributed by atoms with Crippen molar-refractivity contribution in [1.82, 2.24) is 15.3 Å². The maximum absolute atomic E-state index is 11.7. The summed E-state index contributed by atoms with van der Waals surface area (Å²) in [6.07, 6.45) is 8.50. The van der Waals surface area contributed by atoms with E-state index in [1.54, 1.807) is 24.7 Å². The third-order valence-corrected chi connectivity index (χ3v) is 3.07. The van der Waals surface area contributed by atoms with Crippen LogP contribution in [0.4, 0.5) is 10.6 Å². The number of hydrogen-bond acceptors (Lipinski definition) is 3. The molecule has 0 saturated heterocycles. The van der Waals surface area contributed by atoms with Gasteiger partial charge in [0, 0.05) is 36.3 Å². The molecule has 2 amide bonds. The van der Waals surface area contributed by atoms with E-state index >= 15 is 0 Å². The number of nitrogens with one attached hydrogen (secondary N) is 2. The Morgan fingerprint density at radius 1 is 1.14 bits per heavy atom. The number of aromatic nitrogens is 2. The number of rotatable bonds is 6. The molecule has 2 aromatic rings. The lowest BCUT2D eigenvalue weighted by Crippen LogP contribution is -2.29. The van der Waals surface area contributed by atoms with Crippen LogP contribution in [-0.4, -0.2) is 22.5 Å². The van der Waals surface area contributed by atoms with Crippen LogP contribution in [0.2, 0.25) is 0 Å². The van der Waals surface area contributed by atoms with E-state index in [4.69, 9.17) is 0 Å². The van der Waals surface area contributed by atoms with Crippen molar-refractivity contribution in [3.05, 3.63) is 42.9 Å². The van der Waals surface area contributed by atoms with Gasteiger partial charge in [0.1, 0.15) is 5.82 Å². The highest BCUT2D eigenvalue weighted by Gasteiger charge is 2.03. The molecule has 2 aromatic heterocycles. The Bertz CT molecular complexity index is 554. The maximum atomic E-state index is 11.7. The van der Waals surface area contributed by atoms with Crippen molar-refractivity contribution >= 4 is 11.8 Å². The highest BCUT2D eigenvalue weighted by Crippen LogP contribution is 2.17. The van der Waals surface area contributed by atoms with Crippen LogP contribution in [0.15, 0.2) is 42.9 Å². The summed E-state index contributed by atoms with van der Waals surface area (Å²) in [7, 11) is 0. The number of anilines is 1.